The fraction of sp³-hybridized carbons (Fsp3) is 0.214. The van der Waals surface area contributed by atoms with E-state index in [0.717, 1.165) is 11.3 Å². The van der Waals surface area contributed by atoms with Gasteiger partial charge in [0.25, 0.3) is 0 Å². The van der Waals surface area contributed by atoms with E-state index in [0.29, 0.717) is 30.0 Å². The van der Waals surface area contributed by atoms with Crippen LogP contribution in [0.3, 0.4) is 0 Å². The average Bonchev–Trinajstić information content (AvgIpc) is 2.90. The average molecular weight is 286 g/mol. The van der Waals surface area contributed by atoms with E-state index < -0.39 is 17.9 Å². The van der Waals surface area contributed by atoms with Gasteiger partial charge < -0.3 is 15.8 Å². The second kappa shape index (κ2) is 5.02. The number of hydrogen-bond acceptors (Lipinski definition) is 4. The van der Waals surface area contributed by atoms with Gasteiger partial charge in [-0.15, -0.1) is 0 Å². The van der Waals surface area contributed by atoms with Crippen LogP contribution in [0.1, 0.15) is 27.8 Å². The Kier molecular flexibility index (Phi) is 3.19. The molecule has 0 fully saturated rings. The minimum Gasteiger partial charge on any atom is -0.480 e. The molecule has 0 bridgehead atoms. The fourth-order valence-corrected chi connectivity index (χ4v) is 2.42. The van der Waals surface area contributed by atoms with Crippen LogP contribution < -0.4 is 11.1 Å². The maximum atomic E-state index is 11.2. The number of fused-ring (bicyclic) bond motifs is 1. The Hall–Kier alpha value is -2.67. The van der Waals surface area contributed by atoms with Crippen molar-refractivity contribution in [2.24, 2.45) is 5.73 Å². The summed E-state index contributed by atoms with van der Waals surface area (Å²) in [6.45, 7) is 0.589. The number of imidazole rings is 1. The van der Waals surface area contributed by atoms with Crippen molar-refractivity contribution in [1.29, 1.82) is 0 Å². The highest BCUT2D eigenvalue weighted by Gasteiger charge is 2.29. The zero-order valence-corrected chi connectivity index (χ0v) is 11.1. The molecule has 2 aromatic rings. The van der Waals surface area contributed by atoms with Crippen molar-refractivity contribution in [1.82, 2.24) is 15.3 Å². The van der Waals surface area contributed by atoms with Crippen molar-refractivity contribution in [2.75, 3.05) is 6.54 Å². The van der Waals surface area contributed by atoms with Crippen molar-refractivity contribution in [3.8, 4) is 11.4 Å². The SMILES string of the molecule is NC(=O)c1ccc(-c2nc3c([nH]2)CCN[C@H]3C(=O)O)cc1. The lowest BCUT2D eigenvalue weighted by molar-refractivity contribution is -0.139. The summed E-state index contributed by atoms with van der Waals surface area (Å²) in [7, 11) is 0. The van der Waals surface area contributed by atoms with Crippen LogP contribution in [0.2, 0.25) is 0 Å². The zero-order chi connectivity index (χ0) is 15.0. The van der Waals surface area contributed by atoms with Crippen LogP contribution in [0.5, 0.6) is 0 Å². The van der Waals surface area contributed by atoms with E-state index in [1.54, 1.807) is 24.3 Å². The highest BCUT2D eigenvalue weighted by Crippen LogP contribution is 2.25. The lowest BCUT2D eigenvalue weighted by Gasteiger charge is -2.18. The molecule has 108 valence electrons. The molecule has 0 unspecified atom stereocenters. The Labute approximate surface area is 120 Å². The Morgan fingerprint density at radius 2 is 2.00 bits per heavy atom. The molecule has 0 aliphatic carbocycles. The number of aromatic nitrogens is 2. The second-order valence-electron chi connectivity index (χ2n) is 4.87. The van der Waals surface area contributed by atoms with E-state index in [1.165, 1.54) is 0 Å². The number of primary amides is 1. The van der Waals surface area contributed by atoms with Gasteiger partial charge in [0.15, 0.2) is 6.04 Å². The largest absolute Gasteiger partial charge is 0.480 e. The number of aromatic amines is 1. The number of aliphatic carboxylic acids is 1. The summed E-state index contributed by atoms with van der Waals surface area (Å²) in [5, 5.41) is 12.1. The second-order valence-corrected chi connectivity index (χ2v) is 4.87. The number of carbonyl (C=O) groups excluding carboxylic acids is 1. The van der Waals surface area contributed by atoms with Crippen molar-refractivity contribution < 1.29 is 14.7 Å². The summed E-state index contributed by atoms with van der Waals surface area (Å²) in [6.07, 6.45) is 0.700. The molecule has 7 heteroatoms. The first-order valence-electron chi connectivity index (χ1n) is 6.51. The third kappa shape index (κ3) is 2.38. The minimum atomic E-state index is -0.946. The number of H-pyrrole nitrogens is 1. The Bertz CT molecular complexity index is 706. The van der Waals surface area contributed by atoms with Gasteiger partial charge in [-0.25, -0.2) is 4.98 Å². The normalized spacial score (nSPS) is 17.2. The molecule has 1 atom stereocenters. The van der Waals surface area contributed by atoms with Crippen molar-refractivity contribution in [2.45, 2.75) is 12.5 Å². The van der Waals surface area contributed by atoms with Crippen LogP contribution >= 0.6 is 0 Å². The number of nitrogens with two attached hydrogens (primary N) is 1. The minimum absolute atomic E-state index is 0.417. The molecule has 0 radical (unpaired) electrons. The summed E-state index contributed by atoms with van der Waals surface area (Å²) >= 11 is 0. The third-order valence-electron chi connectivity index (χ3n) is 3.50. The van der Waals surface area contributed by atoms with Crippen molar-refractivity contribution in [3.63, 3.8) is 0 Å². The monoisotopic (exact) mass is 286 g/mol. The molecule has 5 N–H and O–H groups in total. The number of amides is 1. The molecular weight excluding hydrogens is 272 g/mol. The Morgan fingerprint density at radius 1 is 1.29 bits per heavy atom. The number of carboxylic acid groups (broad SMARTS) is 1. The van der Waals surface area contributed by atoms with Gasteiger partial charge in [0.2, 0.25) is 5.91 Å². The van der Waals surface area contributed by atoms with Crippen molar-refractivity contribution in [3.05, 3.63) is 41.2 Å². The van der Waals surface area contributed by atoms with E-state index in [2.05, 4.69) is 15.3 Å². The van der Waals surface area contributed by atoms with Crippen LogP contribution in [-0.2, 0) is 11.2 Å². The maximum absolute atomic E-state index is 11.2. The van der Waals surface area contributed by atoms with E-state index >= 15 is 0 Å². The molecule has 7 nitrogen and oxygen atoms in total. The number of carbonyl (C=O) groups is 2. The molecule has 0 saturated carbocycles. The van der Waals surface area contributed by atoms with Crippen molar-refractivity contribution >= 4 is 11.9 Å². The maximum Gasteiger partial charge on any atom is 0.327 e. The van der Waals surface area contributed by atoms with Gasteiger partial charge >= 0.3 is 5.97 Å². The van der Waals surface area contributed by atoms with Gasteiger partial charge in [-0.2, -0.15) is 0 Å². The molecule has 1 aliphatic heterocycles. The standard InChI is InChI=1S/C14H14N4O3/c15-12(19)7-1-3-8(4-2-7)13-17-9-5-6-16-11(14(20)21)10(9)18-13/h1-4,11,16H,5-6H2,(H2,15,19)(H,17,18)(H,20,21)/t11-/m1/s1. The molecule has 0 saturated heterocycles. The van der Waals surface area contributed by atoms with Gasteiger partial charge in [0, 0.05) is 29.8 Å². The predicted molar refractivity (Wildman–Crippen MR) is 74.6 cm³/mol. The molecule has 1 aromatic heterocycles. The third-order valence-corrected chi connectivity index (χ3v) is 3.50. The van der Waals surface area contributed by atoms with E-state index in [9.17, 15) is 14.7 Å². The molecule has 1 aromatic carbocycles. The number of carboxylic acids is 1. The molecule has 2 heterocycles. The number of rotatable bonds is 3. The van der Waals surface area contributed by atoms with Crippen LogP contribution in [0.25, 0.3) is 11.4 Å². The number of nitrogens with one attached hydrogen (secondary N) is 2. The highest BCUT2D eigenvalue weighted by atomic mass is 16.4. The summed E-state index contributed by atoms with van der Waals surface area (Å²) in [5.41, 5.74) is 7.74. The predicted octanol–water partition coefficient (Wildman–Crippen LogP) is 0.447. The van der Waals surface area contributed by atoms with Crippen LogP contribution in [0, 0.1) is 0 Å². The van der Waals surface area contributed by atoms with Gasteiger partial charge in [0.05, 0.1) is 5.69 Å². The first kappa shape index (κ1) is 13.3. The molecular formula is C14H14N4O3. The first-order chi connectivity index (χ1) is 10.1. The Morgan fingerprint density at radius 3 is 2.62 bits per heavy atom. The van der Waals surface area contributed by atoms with Crippen LogP contribution in [0.15, 0.2) is 24.3 Å². The quantitative estimate of drug-likeness (QED) is 0.652. The van der Waals surface area contributed by atoms with E-state index in [1.807, 2.05) is 0 Å². The smallest absolute Gasteiger partial charge is 0.327 e. The lowest BCUT2D eigenvalue weighted by atomic mass is 10.1. The summed E-state index contributed by atoms with van der Waals surface area (Å²) in [4.78, 5) is 29.8. The van der Waals surface area contributed by atoms with Gasteiger partial charge in [0.1, 0.15) is 5.82 Å². The molecule has 0 spiro atoms. The Balaban J connectivity index is 1.97. The first-order valence-corrected chi connectivity index (χ1v) is 6.51. The molecule has 1 aliphatic rings. The van der Waals surface area contributed by atoms with Gasteiger partial charge in [-0.1, -0.05) is 12.1 Å². The van der Waals surface area contributed by atoms with Crippen LogP contribution in [0.4, 0.5) is 0 Å². The topological polar surface area (TPSA) is 121 Å². The molecule has 21 heavy (non-hydrogen) atoms. The molecule has 1 amide bonds. The number of benzene rings is 1. The lowest BCUT2D eigenvalue weighted by Crippen LogP contribution is -2.35. The van der Waals surface area contributed by atoms with Gasteiger partial charge in [-0.3, -0.25) is 14.9 Å². The zero-order valence-electron chi connectivity index (χ0n) is 11.1. The number of hydrogen-bond donors (Lipinski definition) is 4. The molecule has 3 rings (SSSR count). The van der Waals surface area contributed by atoms with E-state index in [-0.39, 0.29) is 0 Å². The summed E-state index contributed by atoms with van der Waals surface area (Å²) in [5.74, 6) is -0.848. The highest BCUT2D eigenvalue weighted by molar-refractivity contribution is 5.93. The summed E-state index contributed by atoms with van der Waals surface area (Å²) < 4.78 is 0. The van der Waals surface area contributed by atoms with Crippen LogP contribution in [-0.4, -0.2) is 33.5 Å². The number of nitrogens with zero attached hydrogens (tertiary/aromatic N) is 1. The fourth-order valence-electron chi connectivity index (χ4n) is 2.42. The van der Waals surface area contributed by atoms with Gasteiger partial charge in [-0.05, 0) is 12.1 Å². The van der Waals surface area contributed by atoms with E-state index in [4.69, 9.17) is 5.73 Å². The summed E-state index contributed by atoms with van der Waals surface area (Å²) in [6, 6.07) is 5.91.